The van der Waals surface area contributed by atoms with E-state index in [-0.39, 0.29) is 22.8 Å². The van der Waals surface area contributed by atoms with E-state index in [2.05, 4.69) is 13.8 Å². The van der Waals surface area contributed by atoms with Crippen molar-refractivity contribution in [1.29, 1.82) is 10.5 Å². The predicted octanol–water partition coefficient (Wildman–Crippen LogP) is 10.1. The molecule has 4 rings (SSSR count). The maximum atomic E-state index is 13.5. The Morgan fingerprint density at radius 2 is 1.00 bits per heavy atom. The number of nitriles is 2. The van der Waals surface area contributed by atoms with Gasteiger partial charge in [0.1, 0.15) is 23.8 Å². The molecular formula is C35H46F2N2. The molecular weight excluding hydrogens is 486 g/mol. The highest BCUT2D eigenvalue weighted by Gasteiger charge is 2.21. The fourth-order valence-corrected chi connectivity index (χ4v) is 6.50. The summed E-state index contributed by atoms with van der Waals surface area (Å²) in [5.74, 6) is 2.74. The normalized spacial score (nSPS) is 22.7. The third-order valence-electron chi connectivity index (χ3n) is 9.20. The second-order valence-corrected chi connectivity index (χ2v) is 11.9. The third-order valence-corrected chi connectivity index (χ3v) is 9.20. The summed E-state index contributed by atoms with van der Waals surface area (Å²) < 4.78 is 27.0. The van der Waals surface area contributed by atoms with E-state index in [0.29, 0.717) is 0 Å². The number of benzene rings is 2. The van der Waals surface area contributed by atoms with Crippen LogP contribution in [0.5, 0.6) is 0 Å². The maximum absolute atomic E-state index is 13.5. The molecule has 0 heterocycles. The first-order valence-corrected chi connectivity index (χ1v) is 15.3. The number of rotatable bonds is 9. The van der Waals surface area contributed by atoms with Gasteiger partial charge >= 0.3 is 0 Å². The zero-order chi connectivity index (χ0) is 28.0. The Balaban J connectivity index is 0.000000216. The van der Waals surface area contributed by atoms with E-state index in [1.54, 1.807) is 12.1 Å². The van der Waals surface area contributed by atoms with Gasteiger partial charge in [0.2, 0.25) is 0 Å². The molecule has 0 aromatic heterocycles. The molecule has 2 fully saturated rings. The molecule has 0 bridgehead atoms. The molecule has 0 aliphatic heterocycles. The first kappa shape index (κ1) is 30.8. The summed E-state index contributed by atoms with van der Waals surface area (Å²) in [7, 11) is 0. The van der Waals surface area contributed by atoms with Crippen molar-refractivity contribution < 1.29 is 8.78 Å². The van der Waals surface area contributed by atoms with Crippen LogP contribution in [0, 0.1) is 58.0 Å². The summed E-state index contributed by atoms with van der Waals surface area (Å²) in [5, 5.41) is 17.4. The number of nitrogens with zero attached hydrogens (tertiary/aromatic N) is 2. The van der Waals surface area contributed by atoms with E-state index in [1.165, 1.54) is 82.8 Å². The zero-order valence-corrected chi connectivity index (χ0v) is 24.0. The minimum atomic E-state index is -0.380. The number of aryl methyl sites for hydroxylation is 2. The van der Waals surface area contributed by atoms with Gasteiger partial charge < -0.3 is 0 Å². The molecule has 0 N–H and O–H groups in total. The van der Waals surface area contributed by atoms with Gasteiger partial charge in [-0.05, 0) is 84.7 Å². The topological polar surface area (TPSA) is 47.6 Å². The van der Waals surface area contributed by atoms with Crippen LogP contribution in [0.2, 0.25) is 0 Å². The Morgan fingerprint density at radius 3 is 1.33 bits per heavy atom. The average molecular weight is 533 g/mol. The molecule has 39 heavy (non-hydrogen) atoms. The van der Waals surface area contributed by atoms with Gasteiger partial charge in [0, 0.05) is 0 Å². The molecule has 0 atom stereocenters. The van der Waals surface area contributed by atoms with Crippen LogP contribution in [0.3, 0.4) is 0 Å². The highest BCUT2D eigenvalue weighted by atomic mass is 19.1. The molecule has 210 valence electrons. The lowest BCUT2D eigenvalue weighted by molar-refractivity contribution is 0.252. The Hall–Kier alpha value is -2.72. The van der Waals surface area contributed by atoms with Crippen molar-refractivity contribution in [2.45, 2.75) is 110 Å². The van der Waals surface area contributed by atoms with Gasteiger partial charge in [0.15, 0.2) is 0 Å². The Labute approximate surface area is 235 Å². The van der Waals surface area contributed by atoms with Gasteiger partial charge in [-0.15, -0.1) is 0 Å². The largest absolute Gasteiger partial charge is 0.206 e. The van der Waals surface area contributed by atoms with Gasteiger partial charge in [-0.2, -0.15) is 10.5 Å². The van der Waals surface area contributed by atoms with Crippen molar-refractivity contribution in [3.05, 3.63) is 70.3 Å². The van der Waals surface area contributed by atoms with E-state index < -0.39 is 0 Å². The van der Waals surface area contributed by atoms with Gasteiger partial charge in [-0.1, -0.05) is 96.6 Å². The summed E-state index contributed by atoms with van der Waals surface area (Å²) >= 11 is 0. The Kier molecular flexibility index (Phi) is 13.0. The van der Waals surface area contributed by atoms with Crippen molar-refractivity contribution in [3.63, 3.8) is 0 Å². The molecule has 4 heteroatoms. The lowest BCUT2D eigenvalue weighted by atomic mass is 9.78. The number of hydrogen-bond donors (Lipinski definition) is 0. The summed E-state index contributed by atoms with van der Waals surface area (Å²) in [6, 6.07) is 13.8. The summed E-state index contributed by atoms with van der Waals surface area (Å²) in [4.78, 5) is 0. The quantitative estimate of drug-likeness (QED) is 0.322. The van der Waals surface area contributed by atoms with E-state index >= 15 is 0 Å². The Bertz CT molecular complexity index is 1100. The molecule has 0 spiro atoms. The third kappa shape index (κ3) is 10.1. The molecule has 0 saturated heterocycles. The van der Waals surface area contributed by atoms with Crippen molar-refractivity contribution in [3.8, 4) is 12.1 Å². The second-order valence-electron chi connectivity index (χ2n) is 11.9. The molecule has 2 aromatic rings. The van der Waals surface area contributed by atoms with Gasteiger partial charge in [0.25, 0.3) is 0 Å². The fourth-order valence-electron chi connectivity index (χ4n) is 6.50. The van der Waals surface area contributed by atoms with Gasteiger partial charge in [-0.3, -0.25) is 0 Å². The summed E-state index contributed by atoms with van der Waals surface area (Å²) in [5.41, 5.74) is 2.34. The summed E-state index contributed by atoms with van der Waals surface area (Å²) in [6.45, 7) is 4.55. The van der Waals surface area contributed by atoms with Crippen LogP contribution >= 0.6 is 0 Å². The molecule has 2 saturated carbocycles. The molecule has 2 aliphatic carbocycles. The monoisotopic (exact) mass is 532 g/mol. The van der Waals surface area contributed by atoms with Crippen LogP contribution in [0.4, 0.5) is 8.78 Å². The zero-order valence-electron chi connectivity index (χ0n) is 24.0. The average Bonchev–Trinajstić information content (AvgIpc) is 2.96. The van der Waals surface area contributed by atoms with Crippen LogP contribution in [-0.4, -0.2) is 0 Å². The molecule has 0 amide bonds. The molecule has 2 aliphatic rings. The van der Waals surface area contributed by atoms with Crippen LogP contribution in [0.1, 0.15) is 120 Å². The highest BCUT2D eigenvalue weighted by molar-refractivity contribution is 5.34. The minimum absolute atomic E-state index is 0.146. The highest BCUT2D eigenvalue weighted by Crippen LogP contribution is 2.34. The SMILES string of the molecule is CCCC1CCC(CCc2ccc(C#N)c(F)c2)CC1.CC[C@H]1CC[C@H](CCc2ccc(C#N)c(F)c2)CC1. The van der Waals surface area contributed by atoms with Crippen LogP contribution in [0.25, 0.3) is 0 Å². The maximum Gasteiger partial charge on any atom is 0.141 e. The van der Waals surface area contributed by atoms with E-state index in [9.17, 15) is 8.78 Å². The molecule has 2 nitrogen and oxygen atoms in total. The van der Waals surface area contributed by atoms with Crippen LogP contribution < -0.4 is 0 Å². The standard InChI is InChI=1S/C18H24FN.C17H22FN/c1-2-3-14-4-6-15(7-5-14)8-9-16-10-11-17(13-20)18(19)12-16;1-2-13-3-5-14(6-4-13)7-8-15-9-10-16(12-19)17(18)11-15/h10-12,14-15H,2-9H2,1H3;9-11,13-14H,2-8H2,1H3/t;13-,14-. The summed E-state index contributed by atoms with van der Waals surface area (Å²) in [6.07, 6.45) is 19.0. The molecule has 0 unspecified atom stereocenters. The van der Waals surface area contributed by atoms with Gasteiger partial charge in [0.05, 0.1) is 11.1 Å². The predicted molar refractivity (Wildman–Crippen MR) is 155 cm³/mol. The molecule has 0 radical (unpaired) electrons. The minimum Gasteiger partial charge on any atom is -0.206 e. The van der Waals surface area contributed by atoms with E-state index in [1.807, 2.05) is 24.3 Å². The lowest BCUT2D eigenvalue weighted by Gasteiger charge is -2.28. The van der Waals surface area contributed by atoms with Crippen molar-refractivity contribution in [2.24, 2.45) is 23.7 Å². The van der Waals surface area contributed by atoms with Crippen molar-refractivity contribution in [2.75, 3.05) is 0 Å². The first-order chi connectivity index (χ1) is 18.9. The van der Waals surface area contributed by atoms with Crippen molar-refractivity contribution in [1.82, 2.24) is 0 Å². The number of halogens is 2. The lowest BCUT2D eigenvalue weighted by Crippen LogP contribution is -2.15. The van der Waals surface area contributed by atoms with E-state index in [0.717, 1.165) is 60.5 Å². The van der Waals surface area contributed by atoms with E-state index in [4.69, 9.17) is 10.5 Å². The number of hydrogen-bond acceptors (Lipinski definition) is 2. The molecule has 2 aromatic carbocycles. The Morgan fingerprint density at radius 1 is 0.615 bits per heavy atom. The van der Waals surface area contributed by atoms with Crippen molar-refractivity contribution >= 4 is 0 Å². The first-order valence-electron chi connectivity index (χ1n) is 15.3. The van der Waals surface area contributed by atoms with Crippen LogP contribution in [-0.2, 0) is 12.8 Å². The smallest absolute Gasteiger partial charge is 0.141 e. The van der Waals surface area contributed by atoms with Crippen LogP contribution in [0.15, 0.2) is 36.4 Å². The fraction of sp³-hybridized carbons (Fsp3) is 0.600. The van der Waals surface area contributed by atoms with Gasteiger partial charge in [-0.25, -0.2) is 8.78 Å². The second kappa shape index (κ2) is 16.4.